The Hall–Kier alpha value is -3.78. The van der Waals surface area contributed by atoms with E-state index in [1.807, 2.05) is 27.8 Å². The molecule has 5 rings (SSSR count). The summed E-state index contributed by atoms with van der Waals surface area (Å²) in [6, 6.07) is 4.32. The van der Waals surface area contributed by atoms with Crippen molar-refractivity contribution in [3.8, 4) is 0 Å². The number of halogens is 2. The van der Waals surface area contributed by atoms with Gasteiger partial charge in [-0.1, -0.05) is 0 Å². The molecule has 0 bridgehead atoms. The molecule has 44 heavy (non-hydrogen) atoms. The molecule has 3 aromatic rings. The fraction of sp³-hybridized carbons (Fsp3) is 0.500. The Bertz CT molecular complexity index is 1550. The average molecular weight is 629 g/mol. The molecule has 1 saturated heterocycles. The standard InChI is InChI=1S/C30H38F2N8O3S/c1-30(2,3)43-29(42)39-11-9-18(10-12-39)36-23-13-17(31)5-8-21(23)25(33)24-15-35-27-26(38-24)22(16-40(27)44-32)28(41)37-20-7-6-19(14-20)34-4/h5,8,13,15-16,18-20,33-34,36H,6-7,9-12,14H2,1-4H3,(H,37,41). The molecule has 1 aliphatic heterocycles. The number of amides is 2. The summed E-state index contributed by atoms with van der Waals surface area (Å²) < 4.78 is 34.8. The highest BCUT2D eigenvalue weighted by molar-refractivity contribution is 7.92. The summed E-state index contributed by atoms with van der Waals surface area (Å²) in [6.45, 7) is 6.41. The van der Waals surface area contributed by atoms with Crippen LogP contribution < -0.4 is 16.0 Å². The van der Waals surface area contributed by atoms with Gasteiger partial charge < -0.3 is 25.6 Å². The summed E-state index contributed by atoms with van der Waals surface area (Å²) in [7, 11) is 1.89. The van der Waals surface area contributed by atoms with Gasteiger partial charge in [-0.2, -0.15) is 0 Å². The van der Waals surface area contributed by atoms with Gasteiger partial charge in [-0.05, 0) is 78.1 Å². The zero-order chi connectivity index (χ0) is 31.6. The molecule has 2 atom stereocenters. The van der Waals surface area contributed by atoms with Gasteiger partial charge in [0.05, 0.1) is 17.5 Å². The first-order valence-corrected chi connectivity index (χ1v) is 15.4. The van der Waals surface area contributed by atoms with E-state index < -0.39 is 11.4 Å². The lowest BCUT2D eigenvalue weighted by molar-refractivity contribution is 0.0210. The largest absolute Gasteiger partial charge is 0.444 e. The minimum absolute atomic E-state index is 0.0188. The molecule has 2 amide bonds. The lowest BCUT2D eigenvalue weighted by Crippen LogP contribution is -2.44. The molecule has 11 nitrogen and oxygen atoms in total. The molecule has 0 spiro atoms. The molecule has 2 fully saturated rings. The second-order valence-electron chi connectivity index (χ2n) is 12.3. The molecule has 2 aromatic heterocycles. The summed E-state index contributed by atoms with van der Waals surface area (Å²) in [5.41, 5.74) is 0.823. The first-order chi connectivity index (χ1) is 21.0. The Balaban J connectivity index is 1.35. The zero-order valence-electron chi connectivity index (χ0n) is 25.2. The predicted molar refractivity (Wildman–Crippen MR) is 166 cm³/mol. The van der Waals surface area contributed by atoms with Crippen molar-refractivity contribution in [2.24, 2.45) is 0 Å². The number of nitrogens with one attached hydrogen (secondary N) is 4. The second kappa shape index (κ2) is 13.1. The predicted octanol–water partition coefficient (Wildman–Crippen LogP) is 5.05. The number of nitrogens with zero attached hydrogens (tertiary/aromatic N) is 4. The molecule has 4 N–H and O–H groups in total. The number of anilines is 1. The number of carbonyl (C=O) groups excluding carboxylic acids is 2. The number of piperidine rings is 1. The SMILES string of the molecule is CNC1CCC(NC(=O)c2cn(SF)c3ncc(C(=N)c4ccc(F)cc4NC4CCN(C(=O)OC(C)(C)C)CC4)nc23)C1. The highest BCUT2D eigenvalue weighted by Gasteiger charge is 2.29. The number of benzene rings is 1. The van der Waals surface area contributed by atoms with Crippen LogP contribution in [0.15, 0.2) is 30.6 Å². The Kier molecular flexibility index (Phi) is 9.39. The molecule has 1 aromatic carbocycles. The van der Waals surface area contributed by atoms with E-state index in [-0.39, 0.29) is 64.6 Å². The van der Waals surface area contributed by atoms with Crippen LogP contribution in [0.4, 0.5) is 18.8 Å². The first kappa shape index (κ1) is 31.6. The van der Waals surface area contributed by atoms with Gasteiger partial charge in [0, 0.05) is 48.7 Å². The topological polar surface area (TPSA) is 137 Å². The molecular weight excluding hydrogens is 590 g/mol. The quantitative estimate of drug-likeness (QED) is 0.255. The lowest BCUT2D eigenvalue weighted by Gasteiger charge is -2.34. The molecule has 1 saturated carbocycles. The minimum atomic E-state index is -0.585. The zero-order valence-corrected chi connectivity index (χ0v) is 26.1. The summed E-state index contributed by atoms with van der Waals surface area (Å²) in [5.74, 6) is -0.857. The highest BCUT2D eigenvalue weighted by atomic mass is 32.2. The molecule has 0 radical (unpaired) electrons. The molecule has 2 unspecified atom stereocenters. The normalized spacial score (nSPS) is 19.3. The van der Waals surface area contributed by atoms with Crippen molar-refractivity contribution in [2.45, 2.75) is 76.6 Å². The first-order valence-electron chi connectivity index (χ1n) is 14.7. The van der Waals surface area contributed by atoms with E-state index >= 15 is 0 Å². The third-order valence-electron chi connectivity index (χ3n) is 7.97. The van der Waals surface area contributed by atoms with Crippen molar-refractivity contribution in [1.29, 1.82) is 5.41 Å². The van der Waals surface area contributed by atoms with Gasteiger partial charge in [-0.15, -0.1) is 3.89 Å². The van der Waals surface area contributed by atoms with E-state index in [1.54, 1.807) is 4.90 Å². The van der Waals surface area contributed by atoms with E-state index in [4.69, 9.17) is 10.1 Å². The number of fused-ring (bicyclic) bond motifs is 1. The number of aromatic nitrogens is 3. The van der Waals surface area contributed by atoms with Crippen molar-refractivity contribution in [1.82, 2.24) is 29.5 Å². The van der Waals surface area contributed by atoms with Crippen molar-refractivity contribution in [3.63, 3.8) is 0 Å². The molecular formula is C30H38F2N8O3S. The Labute approximate surface area is 259 Å². The van der Waals surface area contributed by atoms with Crippen molar-refractivity contribution < 1.29 is 22.6 Å². The van der Waals surface area contributed by atoms with Gasteiger partial charge in [-0.3, -0.25) is 10.2 Å². The van der Waals surface area contributed by atoms with Crippen LogP contribution in [-0.4, -0.2) is 80.4 Å². The summed E-state index contributed by atoms with van der Waals surface area (Å²) >= 11 is -0.0918. The summed E-state index contributed by atoms with van der Waals surface area (Å²) in [5, 5.41) is 18.6. The smallest absolute Gasteiger partial charge is 0.410 e. The van der Waals surface area contributed by atoms with E-state index in [9.17, 15) is 17.9 Å². The van der Waals surface area contributed by atoms with Gasteiger partial charge in [0.15, 0.2) is 18.0 Å². The van der Waals surface area contributed by atoms with Crippen LogP contribution in [0.25, 0.3) is 11.2 Å². The summed E-state index contributed by atoms with van der Waals surface area (Å²) in [6.07, 6.45) is 6.13. The fourth-order valence-corrected chi connectivity index (χ4v) is 6.03. The summed E-state index contributed by atoms with van der Waals surface area (Å²) in [4.78, 5) is 36.3. The fourth-order valence-electron chi connectivity index (χ4n) is 5.69. The van der Waals surface area contributed by atoms with Crippen molar-refractivity contribution in [2.75, 3.05) is 25.5 Å². The maximum Gasteiger partial charge on any atom is 0.410 e. The number of carbonyl (C=O) groups is 2. The molecule has 2 aliphatic rings. The average Bonchev–Trinajstić information content (AvgIpc) is 3.60. The highest BCUT2D eigenvalue weighted by Crippen LogP contribution is 2.28. The van der Waals surface area contributed by atoms with Gasteiger partial charge in [-0.25, -0.2) is 23.1 Å². The number of hydrogen-bond donors (Lipinski definition) is 4. The Morgan fingerprint density at radius 2 is 1.82 bits per heavy atom. The van der Waals surface area contributed by atoms with Gasteiger partial charge in [0.2, 0.25) is 0 Å². The van der Waals surface area contributed by atoms with E-state index in [0.29, 0.717) is 43.2 Å². The van der Waals surface area contributed by atoms with Crippen LogP contribution in [-0.2, 0) is 4.74 Å². The Morgan fingerprint density at radius 1 is 1.09 bits per heavy atom. The van der Waals surface area contributed by atoms with Crippen LogP contribution in [0, 0.1) is 11.2 Å². The van der Waals surface area contributed by atoms with E-state index in [2.05, 4.69) is 25.9 Å². The second-order valence-corrected chi connectivity index (χ2v) is 12.8. The minimum Gasteiger partial charge on any atom is -0.444 e. The van der Waals surface area contributed by atoms with Crippen molar-refractivity contribution >= 4 is 46.9 Å². The Morgan fingerprint density at radius 3 is 2.48 bits per heavy atom. The van der Waals surface area contributed by atoms with Crippen LogP contribution in [0.2, 0.25) is 0 Å². The third-order valence-corrected chi connectivity index (χ3v) is 8.40. The maximum atomic E-state index is 14.4. The van der Waals surface area contributed by atoms with Crippen LogP contribution in [0.1, 0.15) is 74.5 Å². The van der Waals surface area contributed by atoms with Crippen LogP contribution in [0.3, 0.4) is 0 Å². The molecule has 1 aliphatic carbocycles. The number of hydrogen-bond acceptors (Lipinski definition) is 9. The molecule has 3 heterocycles. The van der Waals surface area contributed by atoms with Crippen molar-refractivity contribution in [3.05, 3.63) is 53.2 Å². The van der Waals surface area contributed by atoms with Crippen LogP contribution >= 0.6 is 12.3 Å². The monoisotopic (exact) mass is 628 g/mol. The molecule has 14 heteroatoms. The maximum absolute atomic E-state index is 14.4. The number of likely N-dealkylation sites (tertiary alicyclic amines) is 1. The number of rotatable bonds is 8. The van der Waals surface area contributed by atoms with Gasteiger partial charge in [0.1, 0.15) is 22.6 Å². The van der Waals surface area contributed by atoms with Gasteiger partial charge >= 0.3 is 6.09 Å². The van der Waals surface area contributed by atoms with E-state index in [1.165, 1.54) is 30.6 Å². The lowest BCUT2D eigenvalue weighted by atomic mass is 10.0. The van der Waals surface area contributed by atoms with Crippen LogP contribution in [0.5, 0.6) is 0 Å². The molecule has 236 valence electrons. The van der Waals surface area contributed by atoms with Gasteiger partial charge in [0.25, 0.3) is 5.91 Å². The third kappa shape index (κ3) is 7.12. The number of ether oxygens (including phenoxy) is 1. The van der Waals surface area contributed by atoms with E-state index in [0.717, 1.165) is 23.2 Å².